The molecule has 0 saturated heterocycles. The first-order valence-corrected chi connectivity index (χ1v) is 6.47. The molecule has 0 spiro atoms. The van der Waals surface area contributed by atoms with Crippen LogP contribution < -0.4 is 0 Å². The van der Waals surface area contributed by atoms with E-state index in [1.54, 1.807) is 0 Å². The Labute approximate surface area is 104 Å². The number of halogens is 2. The minimum absolute atomic E-state index is 0.0491. The van der Waals surface area contributed by atoms with Gasteiger partial charge in [0.1, 0.15) is 0 Å². The van der Waals surface area contributed by atoms with Crippen LogP contribution in [0.15, 0.2) is 24.3 Å². The van der Waals surface area contributed by atoms with Crippen molar-refractivity contribution in [2.45, 2.75) is 24.6 Å². The van der Waals surface area contributed by atoms with Crippen LogP contribution in [0.3, 0.4) is 0 Å². The van der Waals surface area contributed by atoms with Crippen LogP contribution in [-0.4, -0.2) is 16.5 Å². The molecule has 0 radical (unpaired) electrons. The van der Waals surface area contributed by atoms with Crippen LogP contribution in [0.2, 0.25) is 0 Å². The second-order valence-electron chi connectivity index (χ2n) is 3.43. The molecule has 15 heavy (non-hydrogen) atoms. The third-order valence-corrected chi connectivity index (χ3v) is 3.62. The lowest BCUT2D eigenvalue weighted by Crippen LogP contribution is -2.15. The molecule has 1 atom stereocenters. The maximum Gasteiger partial charge on any atom is 0.177 e. The first kappa shape index (κ1) is 12.7. The summed E-state index contributed by atoms with van der Waals surface area (Å²) < 4.78 is 0. The van der Waals surface area contributed by atoms with Crippen molar-refractivity contribution in [3.63, 3.8) is 0 Å². The van der Waals surface area contributed by atoms with Crippen LogP contribution in [-0.2, 0) is 6.42 Å². The minimum Gasteiger partial charge on any atom is -0.293 e. The maximum absolute atomic E-state index is 11.7. The monoisotopic (exact) mass is 288 g/mol. The van der Waals surface area contributed by atoms with Gasteiger partial charge in [-0.05, 0) is 12.0 Å². The van der Waals surface area contributed by atoms with Crippen LogP contribution in [0.1, 0.15) is 29.3 Å². The molecule has 1 unspecified atom stereocenters. The molecular weight excluding hydrogens is 275 g/mol. The Morgan fingerprint density at radius 3 is 2.47 bits per heavy atom. The fraction of sp³-hybridized carbons (Fsp3) is 0.417. The van der Waals surface area contributed by atoms with Crippen LogP contribution >= 0.6 is 27.5 Å². The summed E-state index contributed by atoms with van der Waals surface area (Å²) in [6.45, 7) is 2.14. The summed E-state index contributed by atoms with van der Waals surface area (Å²) in [6, 6.07) is 7.75. The fourth-order valence-corrected chi connectivity index (χ4v) is 1.78. The number of hydrogen-bond donors (Lipinski definition) is 0. The van der Waals surface area contributed by atoms with Crippen molar-refractivity contribution in [2.24, 2.45) is 0 Å². The Bertz CT molecular complexity index is 321. The second kappa shape index (κ2) is 6.29. The first-order valence-electron chi connectivity index (χ1n) is 5.02. The summed E-state index contributed by atoms with van der Waals surface area (Å²) in [5, 5.41) is 0. The highest BCUT2D eigenvalue weighted by Gasteiger charge is 2.15. The lowest BCUT2D eigenvalue weighted by atomic mass is 10.0. The molecular formula is C12H14BrClO. The van der Waals surface area contributed by atoms with E-state index in [0.29, 0.717) is 5.88 Å². The van der Waals surface area contributed by atoms with Gasteiger partial charge in [0.05, 0.1) is 4.83 Å². The number of carbonyl (C=O) groups excluding carboxylic acids is 1. The number of benzene rings is 1. The van der Waals surface area contributed by atoms with Gasteiger partial charge in [0.25, 0.3) is 0 Å². The molecule has 0 saturated carbocycles. The van der Waals surface area contributed by atoms with Crippen molar-refractivity contribution >= 4 is 33.3 Å². The number of alkyl halides is 2. The molecule has 0 N–H and O–H groups in total. The van der Waals surface area contributed by atoms with Crippen molar-refractivity contribution in [1.29, 1.82) is 0 Å². The van der Waals surface area contributed by atoms with Gasteiger partial charge in [0.2, 0.25) is 0 Å². The van der Waals surface area contributed by atoms with Gasteiger partial charge in [-0.15, -0.1) is 11.6 Å². The van der Waals surface area contributed by atoms with Crippen LogP contribution in [0.25, 0.3) is 0 Å². The molecule has 1 aromatic rings. The summed E-state index contributed by atoms with van der Waals surface area (Å²) in [4.78, 5) is 11.4. The molecule has 0 aliphatic carbocycles. The molecule has 0 aromatic heterocycles. The molecule has 1 rings (SSSR count). The predicted octanol–water partition coefficient (Wildman–Crippen LogP) is 3.82. The fourth-order valence-electron chi connectivity index (χ4n) is 1.38. The van der Waals surface area contributed by atoms with E-state index in [1.165, 1.54) is 5.56 Å². The molecule has 1 nitrogen and oxygen atoms in total. The van der Waals surface area contributed by atoms with Crippen molar-refractivity contribution in [3.05, 3.63) is 35.4 Å². The lowest BCUT2D eigenvalue weighted by Gasteiger charge is -2.05. The zero-order chi connectivity index (χ0) is 11.3. The third kappa shape index (κ3) is 3.62. The molecule has 0 heterocycles. The lowest BCUT2D eigenvalue weighted by molar-refractivity contribution is 0.0997. The average molecular weight is 290 g/mol. The van der Waals surface area contributed by atoms with E-state index in [1.807, 2.05) is 24.3 Å². The maximum atomic E-state index is 11.7. The zero-order valence-electron chi connectivity index (χ0n) is 8.67. The van der Waals surface area contributed by atoms with E-state index in [0.717, 1.165) is 18.4 Å². The standard InChI is InChI=1S/C12H14BrClO/c1-2-3-9-4-6-10(7-5-9)12(15)11(13)8-14/h4-7,11H,2-3,8H2,1H3. The summed E-state index contributed by atoms with van der Waals surface area (Å²) in [6.07, 6.45) is 2.18. The topological polar surface area (TPSA) is 17.1 Å². The van der Waals surface area contributed by atoms with E-state index in [4.69, 9.17) is 11.6 Å². The van der Waals surface area contributed by atoms with Gasteiger partial charge in [-0.3, -0.25) is 4.79 Å². The largest absolute Gasteiger partial charge is 0.293 e. The molecule has 0 amide bonds. The summed E-state index contributed by atoms with van der Waals surface area (Å²) >= 11 is 8.86. The van der Waals surface area contributed by atoms with E-state index in [-0.39, 0.29) is 10.6 Å². The highest BCUT2D eigenvalue weighted by Crippen LogP contribution is 2.13. The van der Waals surface area contributed by atoms with E-state index in [2.05, 4.69) is 22.9 Å². The Hall–Kier alpha value is -0.340. The van der Waals surface area contributed by atoms with Gasteiger partial charge in [-0.2, -0.15) is 0 Å². The van der Waals surface area contributed by atoms with E-state index >= 15 is 0 Å². The second-order valence-corrected chi connectivity index (χ2v) is 4.85. The number of Topliss-reactive ketones (excluding diaryl/α,β-unsaturated/α-hetero) is 1. The molecule has 1 aromatic carbocycles. The molecule has 0 aliphatic heterocycles. The molecule has 0 aliphatic rings. The number of carbonyl (C=O) groups is 1. The van der Waals surface area contributed by atoms with Gasteiger partial charge < -0.3 is 0 Å². The van der Waals surface area contributed by atoms with Crippen LogP contribution in [0, 0.1) is 0 Å². The minimum atomic E-state index is -0.281. The number of ketones is 1. The molecule has 0 fully saturated rings. The van der Waals surface area contributed by atoms with Crippen molar-refractivity contribution in [3.8, 4) is 0 Å². The summed E-state index contributed by atoms with van der Waals surface area (Å²) in [5.41, 5.74) is 1.99. The van der Waals surface area contributed by atoms with Crippen molar-refractivity contribution < 1.29 is 4.79 Å². The van der Waals surface area contributed by atoms with Gasteiger partial charge in [0, 0.05) is 11.4 Å². The number of aryl methyl sites for hydroxylation is 1. The highest BCUT2D eigenvalue weighted by atomic mass is 79.9. The van der Waals surface area contributed by atoms with Gasteiger partial charge >= 0.3 is 0 Å². The SMILES string of the molecule is CCCc1ccc(C(=O)C(Br)CCl)cc1. The normalized spacial score (nSPS) is 12.5. The first-order chi connectivity index (χ1) is 7.19. The molecule has 3 heteroatoms. The summed E-state index contributed by atoms with van der Waals surface area (Å²) in [7, 11) is 0. The summed E-state index contributed by atoms with van der Waals surface area (Å²) in [5.74, 6) is 0.350. The van der Waals surface area contributed by atoms with Crippen LogP contribution in [0.4, 0.5) is 0 Å². The predicted molar refractivity (Wildman–Crippen MR) is 68.2 cm³/mol. The molecule has 0 bridgehead atoms. The Balaban J connectivity index is 2.75. The van der Waals surface area contributed by atoms with Crippen molar-refractivity contribution in [2.75, 3.05) is 5.88 Å². The zero-order valence-corrected chi connectivity index (χ0v) is 11.0. The Morgan fingerprint density at radius 1 is 1.40 bits per heavy atom. The van der Waals surface area contributed by atoms with Gasteiger partial charge in [-0.25, -0.2) is 0 Å². The highest BCUT2D eigenvalue weighted by molar-refractivity contribution is 9.10. The van der Waals surface area contributed by atoms with Gasteiger partial charge in [-0.1, -0.05) is 53.5 Å². The Morgan fingerprint density at radius 2 is 2.00 bits per heavy atom. The van der Waals surface area contributed by atoms with Crippen molar-refractivity contribution in [1.82, 2.24) is 0 Å². The quantitative estimate of drug-likeness (QED) is 0.595. The van der Waals surface area contributed by atoms with Crippen LogP contribution in [0.5, 0.6) is 0 Å². The smallest absolute Gasteiger partial charge is 0.177 e. The van der Waals surface area contributed by atoms with Gasteiger partial charge in [0.15, 0.2) is 5.78 Å². The Kier molecular flexibility index (Phi) is 5.34. The molecule has 82 valence electrons. The number of rotatable bonds is 5. The number of hydrogen-bond acceptors (Lipinski definition) is 1. The van der Waals surface area contributed by atoms with E-state index in [9.17, 15) is 4.79 Å². The van der Waals surface area contributed by atoms with E-state index < -0.39 is 0 Å². The average Bonchev–Trinajstić information content (AvgIpc) is 2.28. The third-order valence-electron chi connectivity index (χ3n) is 2.20.